The van der Waals surface area contributed by atoms with Gasteiger partial charge < -0.3 is 0 Å². The van der Waals surface area contributed by atoms with Crippen LogP contribution < -0.4 is 0 Å². The quantitative estimate of drug-likeness (QED) is 0.513. The van der Waals surface area contributed by atoms with Gasteiger partial charge in [-0.05, 0) is 60.4 Å². The van der Waals surface area contributed by atoms with Crippen LogP contribution in [0.1, 0.15) is 25.0 Å². The summed E-state index contributed by atoms with van der Waals surface area (Å²) < 4.78 is 0. The zero-order chi connectivity index (χ0) is 16.1. The third kappa shape index (κ3) is 3.68. The molecular weight excluding hydrogens is 296 g/mol. The Balaban J connectivity index is 2.05. The van der Waals surface area contributed by atoms with E-state index >= 15 is 0 Å². The van der Waals surface area contributed by atoms with Gasteiger partial charge in [0.05, 0.1) is 10.9 Å². The number of hydrogen-bond donors (Lipinski definition) is 0. The van der Waals surface area contributed by atoms with Gasteiger partial charge in [0, 0.05) is 0 Å². The van der Waals surface area contributed by atoms with Gasteiger partial charge in [-0.15, -0.1) is 0 Å². The molecule has 0 aliphatic rings. The Hall–Kier alpha value is -1.99. The lowest BCUT2D eigenvalue weighted by Crippen LogP contribution is -2.05. The molecule has 0 aliphatic carbocycles. The highest BCUT2D eigenvalue weighted by molar-refractivity contribution is 7.97. The minimum Gasteiger partial charge on any atom is -0.0619 e. The molecule has 0 heterocycles. The maximum absolute atomic E-state index is 2.29. The molecule has 1 heteroatoms. The molecule has 0 saturated carbocycles. The fraction of sp³-hybridized carbons (Fsp3) is 0.182. The fourth-order valence-electron chi connectivity index (χ4n) is 2.69. The first-order chi connectivity index (χ1) is 11.3. The van der Waals surface area contributed by atoms with Crippen LogP contribution in [-0.2, 0) is 23.7 Å². The molecule has 0 aliphatic heterocycles. The van der Waals surface area contributed by atoms with E-state index in [1.54, 1.807) is 0 Å². The topological polar surface area (TPSA) is 0 Å². The van der Waals surface area contributed by atoms with E-state index in [4.69, 9.17) is 0 Å². The minimum absolute atomic E-state index is 0.0351. The van der Waals surface area contributed by atoms with Gasteiger partial charge in [0.25, 0.3) is 0 Å². The van der Waals surface area contributed by atoms with Gasteiger partial charge in [-0.1, -0.05) is 56.3 Å². The summed E-state index contributed by atoms with van der Waals surface area (Å²) in [6.45, 7) is 4.41. The zero-order valence-electron chi connectivity index (χ0n) is 13.8. The predicted molar refractivity (Wildman–Crippen MR) is 100 cm³/mol. The van der Waals surface area contributed by atoms with E-state index in [1.165, 1.54) is 25.8 Å². The number of benzene rings is 3. The maximum Gasteiger partial charge on any atom is 0.166 e. The summed E-state index contributed by atoms with van der Waals surface area (Å²) in [6, 6.07) is 29.1. The number of rotatable bonds is 5. The standard InChI is InChI=1S/C22H23S/c1-3-18-10-14-21(15-11-18)23(20-8-6-5-7-9-20)22-16-12-19(4-2)13-17-22/h5-17H,3-4H2,1-2H3/q+1. The van der Waals surface area contributed by atoms with Crippen molar-refractivity contribution < 1.29 is 0 Å². The zero-order valence-corrected chi connectivity index (χ0v) is 14.6. The molecule has 0 fully saturated rings. The molecule has 3 rings (SSSR count). The molecule has 0 amide bonds. The summed E-state index contributed by atoms with van der Waals surface area (Å²) in [6.07, 6.45) is 2.18. The first-order valence-corrected chi connectivity index (χ1v) is 9.51. The van der Waals surface area contributed by atoms with Crippen molar-refractivity contribution >= 4 is 10.9 Å². The summed E-state index contributed by atoms with van der Waals surface area (Å²) in [5, 5.41) is 0. The summed E-state index contributed by atoms with van der Waals surface area (Å²) in [5.41, 5.74) is 2.79. The Morgan fingerprint density at radius 1 is 0.522 bits per heavy atom. The van der Waals surface area contributed by atoms with Crippen LogP contribution in [0.5, 0.6) is 0 Å². The number of hydrogen-bond acceptors (Lipinski definition) is 0. The van der Waals surface area contributed by atoms with Crippen LogP contribution in [0.4, 0.5) is 0 Å². The minimum atomic E-state index is -0.0351. The van der Waals surface area contributed by atoms with Crippen molar-refractivity contribution in [1.82, 2.24) is 0 Å². The second-order valence-electron chi connectivity index (χ2n) is 5.61. The Morgan fingerprint density at radius 3 is 1.30 bits per heavy atom. The highest BCUT2D eigenvalue weighted by atomic mass is 32.2. The van der Waals surface area contributed by atoms with Crippen LogP contribution in [0.15, 0.2) is 93.5 Å². The molecule has 0 spiro atoms. The van der Waals surface area contributed by atoms with Gasteiger partial charge >= 0.3 is 0 Å². The molecule has 0 radical (unpaired) electrons. The summed E-state index contributed by atoms with van der Waals surface area (Å²) in [5.74, 6) is 0. The van der Waals surface area contributed by atoms with E-state index in [0.29, 0.717) is 0 Å². The molecule has 116 valence electrons. The van der Waals surface area contributed by atoms with Crippen LogP contribution in [0.3, 0.4) is 0 Å². The Labute approximate surface area is 142 Å². The molecule has 0 unspecified atom stereocenters. The molecule has 0 atom stereocenters. The summed E-state index contributed by atoms with van der Waals surface area (Å²) in [7, 11) is -0.0351. The van der Waals surface area contributed by atoms with Gasteiger partial charge in [0.15, 0.2) is 14.7 Å². The number of aryl methyl sites for hydroxylation is 2. The predicted octanol–water partition coefficient (Wildman–Crippen LogP) is 5.91. The van der Waals surface area contributed by atoms with Crippen molar-refractivity contribution in [3.8, 4) is 0 Å². The van der Waals surface area contributed by atoms with E-state index in [1.807, 2.05) is 0 Å². The van der Waals surface area contributed by atoms with E-state index in [9.17, 15) is 0 Å². The third-order valence-corrected chi connectivity index (χ3v) is 6.34. The van der Waals surface area contributed by atoms with Gasteiger partial charge in [-0.3, -0.25) is 0 Å². The maximum atomic E-state index is 2.29. The van der Waals surface area contributed by atoms with Crippen LogP contribution >= 0.6 is 0 Å². The van der Waals surface area contributed by atoms with Crippen molar-refractivity contribution in [2.24, 2.45) is 0 Å². The first kappa shape index (κ1) is 15.9. The van der Waals surface area contributed by atoms with Gasteiger partial charge in [0.2, 0.25) is 0 Å². The highest BCUT2D eigenvalue weighted by Gasteiger charge is 2.28. The fourth-order valence-corrected chi connectivity index (χ4v) is 4.75. The molecule has 0 aromatic heterocycles. The van der Waals surface area contributed by atoms with Crippen molar-refractivity contribution in [3.63, 3.8) is 0 Å². The van der Waals surface area contributed by atoms with E-state index < -0.39 is 0 Å². The molecular formula is C22H23S+. The van der Waals surface area contributed by atoms with Crippen molar-refractivity contribution in [3.05, 3.63) is 90.0 Å². The van der Waals surface area contributed by atoms with Crippen molar-refractivity contribution in [2.75, 3.05) is 0 Å². The smallest absolute Gasteiger partial charge is 0.0619 e. The van der Waals surface area contributed by atoms with Crippen LogP contribution in [0.2, 0.25) is 0 Å². The van der Waals surface area contributed by atoms with Crippen molar-refractivity contribution in [2.45, 2.75) is 41.4 Å². The lowest BCUT2D eigenvalue weighted by molar-refractivity contribution is 1.12. The summed E-state index contributed by atoms with van der Waals surface area (Å²) in [4.78, 5) is 4.15. The first-order valence-electron chi connectivity index (χ1n) is 8.29. The highest BCUT2D eigenvalue weighted by Crippen LogP contribution is 2.31. The molecule has 0 saturated heterocycles. The lowest BCUT2D eigenvalue weighted by Gasteiger charge is -2.09. The van der Waals surface area contributed by atoms with Crippen LogP contribution in [-0.4, -0.2) is 0 Å². The molecule has 3 aromatic carbocycles. The van der Waals surface area contributed by atoms with E-state index in [0.717, 1.165) is 12.8 Å². The van der Waals surface area contributed by atoms with E-state index in [-0.39, 0.29) is 10.9 Å². The second-order valence-corrected chi connectivity index (χ2v) is 7.64. The normalized spacial score (nSPS) is 10.9. The molecule has 23 heavy (non-hydrogen) atoms. The molecule has 0 bridgehead atoms. The van der Waals surface area contributed by atoms with Crippen molar-refractivity contribution in [1.29, 1.82) is 0 Å². The van der Waals surface area contributed by atoms with Crippen LogP contribution in [0, 0.1) is 0 Å². The van der Waals surface area contributed by atoms with Gasteiger partial charge in [-0.2, -0.15) is 0 Å². The third-order valence-electron chi connectivity index (χ3n) is 4.11. The SMILES string of the molecule is CCc1ccc([S+](c2ccccc2)c2ccc(CC)cc2)cc1. The Kier molecular flexibility index (Phi) is 5.19. The Morgan fingerprint density at radius 2 is 0.913 bits per heavy atom. The lowest BCUT2D eigenvalue weighted by atomic mass is 10.2. The monoisotopic (exact) mass is 319 g/mol. The van der Waals surface area contributed by atoms with E-state index in [2.05, 4.69) is 92.7 Å². The molecule has 0 nitrogen and oxygen atoms in total. The Bertz CT molecular complexity index is 680. The van der Waals surface area contributed by atoms with Gasteiger partial charge in [0.1, 0.15) is 0 Å². The second kappa shape index (κ2) is 7.52. The van der Waals surface area contributed by atoms with Crippen LogP contribution in [0.25, 0.3) is 0 Å². The molecule has 3 aromatic rings. The molecule has 0 N–H and O–H groups in total. The largest absolute Gasteiger partial charge is 0.166 e. The average molecular weight is 319 g/mol. The summed E-state index contributed by atoms with van der Waals surface area (Å²) >= 11 is 0. The average Bonchev–Trinajstić information content (AvgIpc) is 2.64. The van der Waals surface area contributed by atoms with Gasteiger partial charge in [-0.25, -0.2) is 0 Å².